The number of rotatable bonds is 3. The lowest BCUT2D eigenvalue weighted by molar-refractivity contribution is -0.136. The highest BCUT2D eigenvalue weighted by Gasteiger charge is 2.55. The van der Waals surface area contributed by atoms with Gasteiger partial charge in [-0.3, -0.25) is 4.79 Å². The normalized spacial score (nSPS) is 25.5. The van der Waals surface area contributed by atoms with Crippen LogP contribution in [0.1, 0.15) is 38.8 Å². The molecule has 2 unspecified atom stereocenters. The Bertz CT molecular complexity index is 723. The standard InChI is InChI=1S/C20H24N2O2/c1-14-10-15(2)13-22(12-14)19(23)20(8-9-20)18-11-17(24-21-18)16-6-4-3-5-7-16/h3-7,11,14-15H,8-10,12-13H2,1-2H3. The molecule has 0 radical (unpaired) electrons. The molecule has 0 N–H and O–H groups in total. The van der Waals surface area contributed by atoms with E-state index in [4.69, 9.17) is 4.52 Å². The maximum atomic E-state index is 13.2. The van der Waals surface area contributed by atoms with Gasteiger partial charge >= 0.3 is 0 Å². The Kier molecular flexibility index (Phi) is 3.70. The minimum atomic E-state index is -0.437. The Balaban J connectivity index is 1.57. The Morgan fingerprint density at radius 3 is 2.46 bits per heavy atom. The van der Waals surface area contributed by atoms with E-state index in [-0.39, 0.29) is 5.91 Å². The van der Waals surface area contributed by atoms with E-state index in [0.717, 1.165) is 42.9 Å². The number of likely N-dealkylation sites (tertiary alicyclic amines) is 1. The molecule has 0 spiro atoms. The first-order valence-corrected chi connectivity index (χ1v) is 8.90. The first-order chi connectivity index (χ1) is 11.6. The molecule has 1 aliphatic heterocycles. The molecule has 1 amide bonds. The summed E-state index contributed by atoms with van der Waals surface area (Å²) in [5, 5.41) is 4.26. The first kappa shape index (κ1) is 15.4. The van der Waals surface area contributed by atoms with Crippen molar-refractivity contribution in [1.29, 1.82) is 0 Å². The van der Waals surface area contributed by atoms with E-state index in [1.807, 2.05) is 36.4 Å². The monoisotopic (exact) mass is 324 g/mol. The van der Waals surface area contributed by atoms with Gasteiger partial charge in [0, 0.05) is 24.7 Å². The van der Waals surface area contributed by atoms with Crippen molar-refractivity contribution in [3.63, 3.8) is 0 Å². The molecule has 4 nitrogen and oxygen atoms in total. The first-order valence-electron chi connectivity index (χ1n) is 8.90. The average Bonchev–Trinajstić information content (AvgIpc) is 3.23. The van der Waals surface area contributed by atoms with Crippen molar-refractivity contribution in [2.45, 2.75) is 38.5 Å². The smallest absolute Gasteiger partial charge is 0.234 e. The Morgan fingerprint density at radius 2 is 1.83 bits per heavy atom. The van der Waals surface area contributed by atoms with E-state index in [2.05, 4.69) is 23.9 Å². The molecule has 1 aliphatic carbocycles. The number of hydrogen-bond donors (Lipinski definition) is 0. The summed E-state index contributed by atoms with van der Waals surface area (Å²) in [6.45, 7) is 6.21. The summed E-state index contributed by atoms with van der Waals surface area (Å²) in [6.07, 6.45) is 2.97. The third-order valence-corrected chi connectivity index (χ3v) is 5.37. The van der Waals surface area contributed by atoms with Crippen LogP contribution in [0.15, 0.2) is 40.9 Å². The quantitative estimate of drug-likeness (QED) is 0.861. The average molecular weight is 324 g/mol. The molecule has 2 aliphatic rings. The van der Waals surface area contributed by atoms with E-state index in [0.29, 0.717) is 11.8 Å². The minimum absolute atomic E-state index is 0.244. The number of nitrogens with zero attached hydrogens (tertiary/aromatic N) is 2. The fourth-order valence-corrected chi connectivity index (χ4v) is 4.08. The highest BCUT2D eigenvalue weighted by Crippen LogP contribution is 2.50. The maximum Gasteiger partial charge on any atom is 0.234 e. The van der Waals surface area contributed by atoms with Gasteiger partial charge in [0.2, 0.25) is 5.91 Å². The summed E-state index contributed by atoms with van der Waals surface area (Å²) in [7, 11) is 0. The van der Waals surface area contributed by atoms with Crippen LogP contribution < -0.4 is 0 Å². The highest BCUT2D eigenvalue weighted by molar-refractivity contribution is 5.91. The number of hydrogen-bond acceptors (Lipinski definition) is 3. The van der Waals surface area contributed by atoms with Gasteiger partial charge in [-0.15, -0.1) is 0 Å². The largest absolute Gasteiger partial charge is 0.356 e. The Labute approximate surface area is 142 Å². The van der Waals surface area contributed by atoms with Crippen molar-refractivity contribution in [2.75, 3.05) is 13.1 Å². The van der Waals surface area contributed by atoms with Crippen LogP contribution in [0.4, 0.5) is 0 Å². The van der Waals surface area contributed by atoms with Gasteiger partial charge in [-0.2, -0.15) is 0 Å². The van der Waals surface area contributed by atoms with Crippen molar-refractivity contribution < 1.29 is 9.32 Å². The van der Waals surface area contributed by atoms with Gasteiger partial charge < -0.3 is 9.42 Å². The van der Waals surface area contributed by atoms with Crippen LogP contribution >= 0.6 is 0 Å². The number of carbonyl (C=O) groups is 1. The number of aromatic nitrogens is 1. The van der Waals surface area contributed by atoms with E-state index < -0.39 is 5.41 Å². The van der Waals surface area contributed by atoms with Crippen LogP contribution in [0.5, 0.6) is 0 Å². The van der Waals surface area contributed by atoms with E-state index in [1.165, 1.54) is 6.42 Å². The molecule has 1 saturated heterocycles. The SMILES string of the molecule is CC1CC(C)CN(C(=O)C2(c3cc(-c4ccccc4)on3)CC2)C1. The summed E-state index contributed by atoms with van der Waals surface area (Å²) in [4.78, 5) is 15.2. The molecular weight excluding hydrogens is 300 g/mol. The number of carbonyl (C=O) groups excluding carboxylic acids is 1. The third kappa shape index (κ3) is 2.64. The van der Waals surface area contributed by atoms with Crippen molar-refractivity contribution in [3.05, 3.63) is 42.1 Å². The lowest BCUT2D eigenvalue weighted by Gasteiger charge is -2.36. The fourth-order valence-electron chi connectivity index (χ4n) is 4.08. The molecule has 2 heterocycles. The van der Waals surface area contributed by atoms with Gasteiger partial charge in [0.05, 0.1) is 11.1 Å². The summed E-state index contributed by atoms with van der Waals surface area (Å²) in [5.41, 5.74) is 1.37. The molecule has 4 rings (SSSR count). The molecule has 126 valence electrons. The van der Waals surface area contributed by atoms with Crippen molar-refractivity contribution >= 4 is 5.91 Å². The zero-order valence-corrected chi connectivity index (χ0v) is 14.4. The molecule has 1 aromatic heterocycles. The number of benzene rings is 1. The zero-order valence-electron chi connectivity index (χ0n) is 14.4. The zero-order chi connectivity index (χ0) is 16.7. The Hall–Kier alpha value is -2.10. The van der Waals surface area contributed by atoms with Crippen LogP contribution in [-0.4, -0.2) is 29.1 Å². The summed E-state index contributed by atoms with van der Waals surface area (Å²) in [6, 6.07) is 11.9. The lowest BCUT2D eigenvalue weighted by Crippen LogP contribution is -2.47. The second-order valence-electron chi connectivity index (χ2n) is 7.68. The summed E-state index contributed by atoms with van der Waals surface area (Å²) in [5.74, 6) is 2.13. The molecule has 4 heteroatoms. The maximum absolute atomic E-state index is 13.2. The molecule has 2 atom stereocenters. The van der Waals surface area contributed by atoms with Crippen molar-refractivity contribution in [3.8, 4) is 11.3 Å². The molecule has 2 aromatic rings. The van der Waals surface area contributed by atoms with Crippen molar-refractivity contribution in [1.82, 2.24) is 10.1 Å². The van der Waals surface area contributed by atoms with Crippen LogP contribution in [0.2, 0.25) is 0 Å². The number of amides is 1. The molecule has 2 fully saturated rings. The summed E-state index contributed by atoms with van der Waals surface area (Å²) >= 11 is 0. The molecular formula is C20H24N2O2. The summed E-state index contributed by atoms with van der Waals surface area (Å²) < 4.78 is 5.54. The third-order valence-electron chi connectivity index (χ3n) is 5.37. The predicted molar refractivity (Wildman–Crippen MR) is 92.4 cm³/mol. The second-order valence-corrected chi connectivity index (χ2v) is 7.68. The van der Waals surface area contributed by atoms with Crippen molar-refractivity contribution in [2.24, 2.45) is 11.8 Å². The van der Waals surface area contributed by atoms with Crippen LogP contribution in [0.3, 0.4) is 0 Å². The van der Waals surface area contributed by atoms with Gasteiger partial charge in [-0.25, -0.2) is 0 Å². The Morgan fingerprint density at radius 1 is 1.17 bits per heavy atom. The molecule has 1 aromatic carbocycles. The van der Waals surface area contributed by atoms with Gasteiger partial charge in [0.1, 0.15) is 0 Å². The lowest BCUT2D eigenvalue weighted by atomic mass is 9.90. The van der Waals surface area contributed by atoms with Crippen LogP contribution in [0, 0.1) is 11.8 Å². The number of piperidine rings is 1. The van der Waals surface area contributed by atoms with E-state index in [9.17, 15) is 4.79 Å². The van der Waals surface area contributed by atoms with Crippen LogP contribution in [-0.2, 0) is 10.2 Å². The van der Waals surface area contributed by atoms with Gasteiger partial charge in [-0.1, -0.05) is 49.3 Å². The predicted octanol–water partition coefficient (Wildman–Crippen LogP) is 3.88. The highest BCUT2D eigenvalue weighted by atomic mass is 16.5. The molecule has 24 heavy (non-hydrogen) atoms. The van der Waals surface area contributed by atoms with Crippen LogP contribution in [0.25, 0.3) is 11.3 Å². The molecule has 1 saturated carbocycles. The van der Waals surface area contributed by atoms with E-state index in [1.54, 1.807) is 0 Å². The topological polar surface area (TPSA) is 46.3 Å². The second kappa shape index (κ2) is 5.76. The molecule has 0 bridgehead atoms. The van der Waals surface area contributed by atoms with Gasteiger partial charge in [0.25, 0.3) is 0 Å². The minimum Gasteiger partial charge on any atom is -0.356 e. The van der Waals surface area contributed by atoms with Gasteiger partial charge in [-0.05, 0) is 31.1 Å². The fraction of sp³-hybridized carbons (Fsp3) is 0.500. The van der Waals surface area contributed by atoms with E-state index >= 15 is 0 Å². The van der Waals surface area contributed by atoms with Gasteiger partial charge in [0.15, 0.2) is 5.76 Å².